The zero-order valence-electron chi connectivity index (χ0n) is 13.4. The van der Waals surface area contributed by atoms with Gasteiger partial charge < -0.3 is 9.88 Å². The van der Waals surface area contributed by atoms with Gasteiger partial charge in [-0.25, -0.2) is 0 Å². The van der Waals surface area contributed by atoms with Gasteiger partial charge in [0.15, 0.2) is 0 Å². The van der Waals surface area contributed by atoms with Crippen molar-refractivity contribution in [2.24, 2.45) is 5.41 Å². The Hall–Kier alpha value is -1.81. The van der Waals surface area contributed by atoms with E-state index in [1.807, 2.05) is 0 Å². The van der Waals surface area contributed by atoms with E-state index in [2.05, 4.69) is 25.8 Å². The van der Waals surface area contributed by atoms with Gasteiger partial charge in [0, 0.05) is 25.1 Å². The van der Waals surface area contributed by atoms with Crippen LogP contribution in [0.25, 0.3) is 10.8 Å². The lowest BCUT2D eigenvalue weighted by atomic mass is 9.90. The molecule has 1 aromatic heterocycles. The summed E-state index contributed by atoms with van der Waals surface area (Å²) in [5, 5.41) is 1.68. The zero-order chi connectivity index (χ0) is 16.5. The summed E-state index contributed by atoms with van der Waals surface area (Å²) in [6, 6.07) is 5.19. The van der Waals surface area contributed by atoms with E-state index in [1.54, 1.807) is 36.3 Å². The molecule has 0 radical (unpaired) electrons. The van der Waals surface area contributed by atoms with Crippen LogP contribution in [0.4, 0.5) is 5.69 Å². The second kappa shape index (κ2) is 6.13. The molecule has 0 aliphatic heterocycles. The molecule has 0 saturated carbocycles. The molecule has 0 atom stereocenters. The van der Waals surface area contributed by atoms with Gasteiger partial charge in [-0.1, -0.05) is 32.4 Å². The summed E-state index contributed by atoms with van der Waals surface area (Å²) in [4.78, 5) is 28.3. The number of hydrogen-bond donors (Lipinski definition) is 1. The number of aromatic nitrogens is 1. The van der Waals surface area contributed by atoms with Crippen LogP contribution in [-0.4, -0.2) is 17.9 Å². The maximum atomic E-state index is 12.3. The molecule has 1 amide bonds. The van der Waals surface area contributed by atoms with E-state index < -0.39 is 0 Å². The number of fused-ring (bicyclic) bond motifs is 1. The van der Waals surface area contributed by atoms with Crippen molar-refractivity contribution >= 4 is 34.0 Å². The number of halogens is 1. The molecule has 0 unspecified atom stereocenters. The minimum absolute atomic E-state index is 0.0148. The average Bonchev–Trinajstić information content (AvgIpc) is 2.43. The van der Waals surface area contributed by atoms with Crippen molar-refractivity contribution in [1.29, 1.82) is 0 Å². The fraction of sp³-hybridized carbons (Fsp3) is 0.412. The van der Waals surface area contributed by atoms with Gasteiger partial charge in [-0.15, -0.1) is 0 Å². The summed E-state index contributed by atoms with van der Waals surface area (Å²) < 4.78 is 0. The van der Waals surface area contributed by atoms with Crippen molar-refractivity contribution in [3.05, 3.63) is 39.8 Å². The predicted octanol–water partition coefficient (Wildman–Crippen LogP) is 3.97. The number of pyridine rings is 1. The number of anilines is 1. The Morgan fingerprint density at radius 2 is 2.00 bits per heavy atom. The highest BCUT2D eigenvalue weighted by Gasteiger charge is 2.18. The molecular weight excluding hydrogens is 300 g/mol. The fourth-order valence-corrected chi connectivity index (χ4v) is 2.53. The van der Waals surface area contributed by atoms with Crippen LogP contribution in [0.1, 0.15) is 33.6 Å². The van der Waals surface area contributed by atoms with Crippen molar-refractivity contribution in [3.63, 3.8) is 0 Å². The Balaban J connectivity index is 2.32. The van der Waals surface area contributed by atoms with Crippen LogP contribution in [-0.2, 0) is 4.79 Å². The lowest BCUT2D eigenvalue weighted by Crippen LogP contribution is -2.27. The molecule has 0 aliphatic rings. The Bertz CT molecular complexity index is 759. The zero-order valence-corrected chi connectivity index (χ0v) is 14.1. The number of H-pyrrole nitrogens is 1. The van der Waals surface area contributed by atoms with Gasteiger partial charge in [0.2, 0.25) is 5.91 Å². The number of nitrogens with one attached hydrogen (secondary N) is 1. The maximum absolute atomic E-state index is 12.3. The van der Waals surface area contributed by atoms with Crippen molar-refractivity contribution in [3.8, 4) is 0 Å². The normalized spacial score (nSPS) is 11.7. The summed E-state index contributed by atoms with van der Waals surface area (Å²) in [6.07, 6.45) is 2.86. The average molecular weight is 321 g/mol. The lowest BCUT2D eigenvalue weighted by molar-refractivity contribution is -0.118. The number of carbonyl (C=O) groups is 1. The van der Waals surface area contributed by atoms with Gasteiger partial charge >= 0.3 is 0 Å². The first-order chi connectivity index (χ1) is 10.2. The minimum atomic E-state index is -0.187. The lowest BCUT2D eigenvalue weighted by Gasteiger charge is -2.22. The molecule has 22 heavy (non-hydrogen) atoms. The van der Waals surface area contributed by atoms with Crippen molar-refractivity contribution < 1.29 is 4.79 Å². The van der Waals surface area contributed by atoms with Crippen molar-refractivity contribution in [2.45, 2.75) is 33.6 Å². The van der Waals surface area contributed by atoms with Crippen LogP contribution in [0.3, 0.4) is 0 Å². The first-order valence-corrected chi connectivity index (χ1v) is 7.64. The Labute approximate surface area is 135 Å². The predicted molar refractivity (Wildman–Crippen MR) is 91.7 cm³/mol. The molecule has 5 heteroatoms. The van der Waals surface area contributed by atoms with E-state index in [0.717, 1.165) is 11.8 Å². The number of rotatable bonds is 3. The van der Waals surface area contributed by atoms with E-state index in [0.29, 0.717) is 22.5 Å². The molecular formula is C17H21ClN2O2. The topological polar surface area (TPSA) is 53.2 Å². The standard InChI is InChI=1S/C17H21ClN2O2/c1-17(2,3)7-5-15(21)20(4)14-9-11-6-8-19-16(22)12(11)10-13(14)18/h6,8-10H,5,7H2,1-4H3,(H,19,22). The third-order valence-corrected chi connectivity index (χ3v) is 3.97. The second-order valence-corrected chi connectivity index (χ2v) is 7.12. The highest BCUT2D eigenvalue weighted by Crippen LogP contribution is 2.30. The molecule has 0 saturated heterocycles. The first kappa shape index (κ1) is 16.6. The third-order valence-electron chi connectivity index (χ3n) is 3.67. The quantitative estimate of drug-likeness (QED) is 0.930. The third kappa shape index (κ3) is 3.69. The molecule has 1 aromatic carbocycles. The van der Waals surface area contributed by atoms with E-state index in [4.69, 9.17) is 11.6 Å². The van der Waals surface area contributed by atoms with Crippen LogP contribution in [0, 0.1) is 5.41 Å². The number of benzene rings is 1. The molecule has 0 aliphatic carbocycles. The summed E-state index contributed by atoms with van der Waals surface area (Å²) in [6.45, 7) is 6.32. The van der Waals surface area contributed by atoms with Gasteiger partial charge in [-0.3, -0.25) is 9.59 Å². The summed E-state index contributed by atoms with van der Waals surface area (Å²) >= 11 is 6.26. The number of aromatic amines is 1. The molecule has 1 heterocycles. The van der Waals surface area contributed by atoms with Crippen LogP contribution in [0.2, 0.25) is 5.02 Å². The molecule has 0 fully saturated rings. The molecule has 2 aromatic rings. The van der Waals surface area contributed by atoms with E-state index >= 15 is 0 Å². The number of nitrogens with zero attached hydrogens (tertiary/aromatic N) is 1. The summed E-state index contributed by atoms with van der Waals surface area (Å²) in [7, 11) is 1.71. The molecule has 1 N–H and O–H groups in total. The van der Waals surface area contributed by atoms with Gasteiger partial charge in [-0.2, -0.15) is 0 Å². The molecule has 2 rings (SSSR count). The van der Waals surface area contributed by atoms with E-state index in [-0.39, 0.29) is 16.9 Å². The number of carbonyl (C=O) groups excluding carboxylic acids is 1. The van der Waals surface area contributed by atoms with Crippen molar-refractivity contribution in [2.75, 3.05) is 11.9 Å². The van der Waals surface area contributed by atoms with Gasteiger partial charge in [0.05, 0.1) is 10.7 Å². The maximum Gasteiger partial charge on any atom is 0.255 e. The highest BCUT2D eigenvalue weighted by atomic mass is 35.5. The second-order valence-electron chi connectivity index (χ2n) is 6.71. The SMILES string of the molecule is CN(C(=O)CCC(C)(C)C)c1cc2cc[nH]c(=O)c2cc1Cl. The fourth-order valence-electron chi connectivity index (χ4n) is 2.24. The summed E-state index contributed by atoms with van der Waals surface area (Å²) in [5.74, 6) is 0.0148. The van der Waals surface area contributed by atoms with Crippen LogP contribution in [0.5, 0.6) is 0 Å². The van der Waals surface area contributed by atoms with Crippen molar-refractivity contribution in [1.82, 2.24) is 4.98 Å². The van der Waals surface area contributed by atoms with Crippen LogP contribution < -0.4 is 10.5 Å². The molecule has 118 valence electrons. The van der Waals surface area contributed by atoms with Gasteiger partial charge in [-0.05, 0) is 35.4 Å². The minimum Gasteiger partial charge on any atom is -0.329 e. The summed E-state index contributed by atoms with van der Waals surface area (Å²) in [5.41, 5.74) is 0.545. The van der Waals surface area contributed by atoms with E-state index in [9.17, 15) is 9.59 Å². The Kier molecular flexibility index (Phi) is 4.61. The number of amides is 1. The molecule has 0 bridgehead atoms. The smallest absolute Gasteiger partial charge is 0.255 e. The van der Waals surface area contributed by atoms with Crippen LogP contribution in [0.15, 0.2) is 29.2 Å². The van der Waals surface area contributed by atoms with E-state index in [1.165, 1.54) is 0 Å². The highest BCUT2D eigenvalue weighted by molar-refractivity contribution is 6.34. The largest absolute Gasteiger partial charge is 0.329 e. The first-order valence-electron chi connectivity index (χ1n) is 7.26. The Morgan fingerprint density at radius 3 is 2.64 bits per heavy atom. The monoisotopic (exact) mass is 320 g/mol. The number of hydrogen-bond acceptors (Lipinski definition) is 2. The van der Waals surface area contributed by atoms with Gasteiger partial charge in [0.25, 0.3) is 5.56 Å². The Morgan fingerprint density at radius 1 is 1.32 bits per heavy atom. The molecule has 0 spiro atoms. The van der Waals surface area contributed by atoms with Crippen LogP contribution >= 0.6 is 11.6 Å². The van der Waals surface area contributed by atoms with Gasteiger partial charge in [0.1, 0.15) is 0 Å². The molecule has 4 nitrogen and oxygen atoms in total.